The van der Waals surface area contributed by atoms with E-state index < -0.39 is 11.9 Å². The van der Waals surface area contributed by atoms with Gasteiger partial charge in [0, 0.05) is 27.8 Å². The molecule has 0 aliphatic carbocycles. The maximum atomic E-state index is 12.9. The summed E-state index contributed by atoms with van der Waals surface area (Å²) in [4.78, 5) is 38.5. The van der Waals surface area contributed by atoms with E-state index in [1.54, 1.807) is 42.5 Å². The minimum absolute atomic E-state index is 0.253. The minimum Gasteiger partial charge on any atom is -0.368 e. The molecule has 1 fully saturated rings. The van der Waals surface area contributed by atoms with Gasteiger partial charge in [-0.2, -0.15) is 0 Å². The second-order valence-electron chi connectivity index (χ2n) is 6.46. The normalized spacial score (nSPS) is 16.6. The third-order valence-electron chi connectivity index (χ3n) is 4.55. The number of hydrogen-bond acceptors (Lipinski definition) is 3. The van der Waals surface area contributed by atoms with Gasteiger partial charge in [0.15, 0.2) is 0 Å². The first-order chi connectivity index (χ1) is 13.0. The lowest BCUT2D eigenvalue weighted by Crippen LogP contribution is -2.50. The van der Waals surface area contributed by atoms with E-state index in [0.717, 1.165) is 17.3 Å². The number of hydrogen-bond donors (Lipinski definition) is 2. The number of halogens is 1. The van der Waals surface area contributed by atoms with Crippen molar-refractivity contribution < 1.29 is 14.4 Å². The van der Waals surface area contributed by atoms with Gasteiger partial charge in [-0.15, -0.1) is 0 Å². The van der Waals surface area contributed by atoms with E-state index in [-0.39, 0.29) is 11.8 Å². The lowest BCUT2D eigenvalue weighted by molar-refractivity contribution is -0.123. The molecule has 1 saturated heterocycles. The Bertz CT molecular complexity index is 884. The summed E-state index contributed by atoms with van der Waals surface area (Å²) in [6, 6.07) is 13.2. The molecule has 0 saturated carbocycles. The number of carbonyl (C=O) groups excluding carboxylic acids is 3. The van der Waals surface area contributed by atoms with E-state index in [2.05, 4.69) is 21.2 Å². The van der Waals surface area contributed by atoms with Crippen LogP contribution < -0.4 is 11.1 Å². The molecule has 3 N–H and O–H groups in total. The summed E-state index contributed by atoms with van der Waals surface area (Å²) in [6.45, 7) is 0.501. The molecule has 1 atom stereocenters. The highest BCUT2D eigenvalue weighted by Gasteiger charge is 2.31. The highest BCUT2D eigenvalue weighted by molar-refractivity contribution is 9.10. The fourth-order valence-electron chi connectivity index (χ4n) is 3.20. The summed E-state index contributed by atoms with van der Waals surface area (Å²) in [5, 5.41) is 2.80. The van der Waals surface area contributed by atoms with Crippen molar-refractivity contribution in [1.82, 2.24) is 4.90 Å². The highest BCUT2D eigenvalue weighted by Crippen LogP contribution is 2.21. The summed E-state index contributed by atoms with van der Waals surface area (Å²) in [7, 11) is 0. The maximum absolute atomic E-state index is 12.9. The van der Waals surface area contributed by atoms with Crippen LogP contribution in [0.1, 0.15) is 40.0 Å². The van der Waals surface area contributed by atoms with Crippen molar-refractivity contribution in [2.45, 2.75) is 25.3 Å². The lowest BCUT2D eigenvalue weighted by atomic mass is 10.00. The molecule has 1 unspecified atom stereocenters. The average Bonchev–Trinajstić information content (AvgIpc) is 2.67. The number of carbonyl (C=O) groups is 3. The smallest absolute Gasteiger partial charge is 0.255 e. The summed E-state index contributed by atoms with van der Waals surface area (Å²) < 4.78 is 0.807. The molecular weight excluding hydrogens is 410 g/mol. The molecule has 1 aliphatic heterocycles. The second-order valence-corrected chi connectivity index (χ2v) is 7.37. The predicted molar refractivity (Wildman–Crippen MR) is 106 cm³/mol. The molecule has 2 aromatic carbocycles. The van der Waals surface area contributed by atoms with Crippen LogP contribution in [0.5, 0.6) is 0 Å². The standard InChI is InChI=1S/C20H20BrN3O3/c21-15-7-3-5-13(11-15)19(26)23-16-8-4-6-14(12-16)20(27)24-10-2-1-9-17(24)18(22)25/h3-8,11-12,17H,1-2,9-10H2,(H2,22,25)(H,23,26). The van der Waals surface area contributed by atoms with Crippen LogP contribution in [-0.2, 0) is 4.79 Å². The van der Waals surface area contributed by atoms with Crippen LogP contribution in [-0.4, -0.2) is 35.2 Å². The Hall–Kier alpha value is -2.67. The molecule has 140 valence electrons. The van der Waals surface area contributed by atoms with Crippen molar-refractivity contribution in [3.8, 4) is 0 Å². The van der Waals surface area contributed by atoms with Gasteiger partial charge in [-0.1, -0.05) is 28.1 Å². The summed E-state index contributed by atoms with van der Waals surface area (Å²) >= 11 is 3.34. The number of nitrogens with two attached hydrogens (primary N) is 1. The Morgan fingerprint density at radius 1 is 1.04 bits per heavy atom. The van der Waals surface area contributed by atoms with Crippen molar-refractivity contribution in [3.63, 3.8) is 0 Å². The van der Waals surface area contributed by atoms with Gasteiger partial charge in [0.05, 0.1) is 0 Å². The van der Waals surface area contributed by atoms with Gasteiger partial charge in [0.25, 0.3) is 11.8 Å². The molecule has 0 radical (unpaired) electrons. The van der Waals surface area contributed by atoms with E-state index in [9.17, 15) is 14.4 Å². The van der Waals surface area contributed by atoms with E-state index in [1.807, 2.05) is 6.07 Å². The Balaban J connectivity index is 1.77. The van der Waals surface area contributed by atoms with Crippen LogP contribution in [0.2, 0.25) is 0 Å². The number of nitrogens with zero attached hydrogens (tertiary/aromatic N) is 1. The molecule has 1 aliphatic rings. The number of likely N-dealkylation sites (tertiary alicyclic amines) is 1. The second kappa shape index (κ2) is 8.35. The van der Waals surface area contributed by atoms with Crippen molar-refractivity contribution in [2.75, 3.05) is 11.9 Å². The number of amides is 3. The van der Waals surface area contributed by atoms with E-state index in [0.29, 0.717) is 29.8 Å². The fourth-order valence-corrected chi connectivity index (χ4v) is 3.60. The molecular formula is C20H20BrN3O3. The Labute approximate surface area is 165 Å². The van der Waals surface area contributed by atoms with Crippen molar-refractivity contribution in [3.05, 3.63) is 64.1 Å². The largest absolute Gasteiger partial charge is 0.368 e. The lowest BCUT2D eigenvalue weighted by Gasteiger charge is -2.33. The van der Waals surface area contributed by atoms with Gasteiger partial charge in [-0.05, 0) is 55.7 Å². The van der Waals surface area contributed by atoms with Crippen LogP contribution >= 0.6 is 15.9 Å². The average molecular weight is 430 g/mol. The number of primary amides is 1. The number of piperidine rings is 1. The fraction of sp³-hybridized carbons (Fsp3) is 0.250. The molecule has 2 aromatic rings. The summed E-state index contributed by atoms with van der Waals surface area (Å²) in [5.74, 6) is -1.01. The summed E-state index contributed by atoms with van der Waals surface area (Å²) in [5.41, 5.74) is 6.88. The van der Waals surface area contributed by atoms with Gasteiger partial charge in [-0.25, -0.2) is 0 Å². The van der Waals surface area contributed by atoms with Crippen LogP contribution in [0.3, 0.4) is 0 Å². The maximum Gasteiger partial charge on any atom is 0.255 e. The third-order valence-corrected chi connectivity index (χ3v) is 5.04. The molecule has 6 nitrogen and oxygen atoms in total. The van der Waals surface area contributed by atoms with Crippen LogP contribution in [0.15, 0.2) is 53.0 Å². The highest BCUT2D eigenvalue weighted by atomic mass is 79.9. The van der Waals surface area contributed by atoms with Crippen LogP contribution in [0, 0.1) is 0 Å². The minimum atomic E-state index is -0.578. The molecule has 0 bridgehead atoms. The Kier molecular flexibility index (Phi) is 5.91. The first-order valence-corrected chi connectivity index (χ1v) is 9.52. The van der Waals surface area contributed by atoms with E-state index in [4.69, 9.17) is 5.73 Å². The quantitative estimate of drug-likeness (QED) is 0.781. The van der Waals surface area contributed by atoms with Crippen LogP contribution in [0.4, 0.5) is 5.69 Å². The molecule has 0 spiro atoms. The zero-order valence-corrected chi connectivity index (χ0v) is 16.2. The SMILES string of the molecule is NC(=O)C1CCCCN1C(=O)c1cccc(NC(=O)c2cccc(Br)c2)c1. The zero-order chi connectivity index (χ0) is 19.4. The molecule has 7 heteroatoms. The Morgan fingerprint density at radius 2 is 1.78 bits per heavy atom. The number of benzene rings is 2. The molecule has 3 rings (SSSR count). The van der Waals surface area contributed by atoms with Gasteiger partial charge in [0.2, 0.25) is 5.91 Å². The van der Waals surface area contributed by atoms with Gasteiger partial charge in [-0.3, -0.25) is 14.4 Å². The number of nitrogens with one attached hydrogen (secondary N) is 1. The topological polar surface area (TPSA) is 92.5 Å². The van der Waals surface area contributed by atoms with Crippen molar-refractivity contribution in [1.29, 1.82) is 0 Å². The van der Waals surface area contributed by atoms with Gasteiger partial charge < -0.3 is 16.0 Å². The van der Waals surface area contributed by atoms with Gasteiger partial charge in [0.1, 0.15) is 6.04 Å². The molecule has 1 heterocycles. The molecule has 3 amide bonds. The number of rotatable bonds is 4. The van der Waals surface area contributed by atoms with Crippen LogP contribution in [0.25, 0.3) is 0 Å². The predicted octanol–water partition coefficient (Wildman–Crippen LogP) is 3.18. The molecule has 27 heavy (non-hydrogen) atoms. The van der Waals surface area contributed by atoms with Crippen molar-refractivity contribution >= 4 is 39.3 Å². The number of anilines is 1. The zero-order valence-electron chi connectivity index (χ0n) is 14.7. The first-order valence-electron chi connectivity index (χ1n) is 8.73. The Morgan fingerprint density at radius 3 is 2.52 bits per heavy atom. The summed E-state index contributed by atoms with van der Waals surface area (Å²) in [6.07, 6.45) is 2.30. The molecule has 0 aromatic heterocycles. The third kappa shape index (κ3) is 4.54. The van der Waals surface area contributed by atoms with Gasteiger partial charge >= 0.3 is 0 Å². The van der Waals surface area contributed by atoms with E-state index in [1.165, 1.54) is 4.90 Å². The van der Waals surface area contributed by atoms with E-state index >= 15 is 0 Å². The van der Waals surface area contributed by atoms with Crippen molar-refractivity contribution in [2.24, 2.45) is 5.73 Å². The first kappa shape index (κ1) is 19.1. The monoisotopic (exact) mass is 429 g/mol.